The number of rotatable bonds is 8. The van der Waals surface area contributed by atoms with Gasteiger partial charge in [-0.1, -0.05) is 42.3 Å². The van der Waals surface area contributed by atoms with Gasteiger partial charge in [-0.25, -0.2) is 0 Å². The van der Waals surface area contributed by atoms with E-state index in [-0.39, 0.29) is 18.2 Å². The van der Waals surface area contributed by atoms with Gasteiger partial charge in [0.1, 0.15) is 18.2 Å². The fourth-order valence-electron chi connectivity index (χ4n) is 2.54. The second kappa shape index (κ2) is 10.4. The van der Waals surface area contributed by atoms with E-state index in [1.807, 2.05) is 50.2 Å². The normalized spacial score (nSPS) is 11.6. The molecule has 1 amide bonds. The number of nitrogens with zero attached hydrogens (tertiary/aromatic N) is 1. The summed E-state index contributed by atoms with van der Waals surface area (Å²) in [6.45, 7) is 4.29. The molecular weight excluding hydrogens is 352 g/mol. The maximum atomic E-state index is 12.5. The third-order valence-electron chi connectivity index (χ3n) is 3.90. The Labute approximate surface area is 165 Å². The van der Waals surface area contributed by atoms with Gasteiger partial charge >= 0.3 is 0 Å². The van der Waals surface area contributed by atoms with Crippen LogP contribution in [0, 0.1) is 23.7 Å². The van der Waals surface area contributed by atoms with Crippen LogP contribution in [0.4, 0.5) is 0 Å². The largest absolute Gasteiger partial charge is 0.490 e. The molecule has 28 heavy (non-hydrogen) atoms. The van der Waals surface area contributed by atoms with E-state index >= 15 is 0 Å². The number of terminal acetylenes is 1. The van der Waals surface area contributed by atoms with Crippen LogP contribution in [-0.4, -0.2) is 19.1 Å². The van der Waals surface area contributed by atoms with E-state index in [0.717, 1.165) is 5.56 Å². The maximum absolute atomic E-state index is 12.5. The number of hydrogen-bond acceptors (Lipinski definition) is 4. The Balaban J connectivity index is 2.21. The van der Waals surface area contributed by atoms with Crippen molar-refractivity contribution in [3.63, 3.8) is 0 Å². The quantitative estimate of drug-likeness (QED) is 0.432. The molecule has 0 unspecified atom stereocenters. The van der Waals surface area contributed by atoms with Gasteiger partial charge in [-0.05, 0) is 43.2 Å². The number of amides is 1. The maximum Gasteiger partial charge on any atom is 0.262 e. The van der Waals surface area contributed by atoms with Crippen LogP contribution in [0.3, 0.4) is 0 Å². The lowest BCUT2D eigenvalue weighted by Gasteiger charge is -2.14. The zero-order valence-electron chi connectivity index (χ0n) is 15.9. The van der Waals surface area contributed by atoms with Crippen molar-refractivity contribution in [3.05, 3.63) is 65.2 Å². The number of nitriles is 1. The standard InChI is InChI=1S/C23H22N2O3/c1-4-13-28-21-12-11-18(15-22(21)27-5-2)14-20(16-24)23(26)25-17(3)19-9-7-6-8-10-19/h1,6-12,14-15,17H,5,13H2,2-3H3,(H,25,26)/b20-14-/t17-/m0/s1. The first kappa shape index (κ1) is 20.6. The minimum atomic E-state index is -0.440. The van der Waals surface area contributed by atoms with Crippen molar-refractivity contribution in [2.45, 2.75) is 19.9 Å². The predicted molar refractivity (Wildman–Crippen MR) is 109 cm³/mol. The highest BCUT2D eigenvalue weighted by atomic mass is 16.5. The topological polar surface area (TPSA) is 71.3 Å². The van der Waals surface area contributed by atoms with E-state index < -0.39 is 5.91 Å². The number of ether oxygens (including phenoxy) is 2. The summed E-state index contributed by atoms with van der Waals surface area (Å²) < 4.78 is 11.0. The SMILES string of the molecule is C#CCOc1ccc(/C=C(/C#N)C(=O)N[C@@H](C)c2ccccc2)cc1OCC. The van der Waals surface area contributed by atoms with Crippen LogP contribution in [0.5, 0.6) is 11.5 Å². The van der Waals surface area contributed by atoms with E-state index in [4.69, 9.17) is 15.9 Å². The van der Waals surface area contributed by atoms with Gasteiger partial charge in [-0.15, -0.1) is 6.42 Å². The Hall–Kier alpha value is -3.70. The van der Waals surface area contributed by atoms with Crippen LogP contribution in [0.2, 0.25) is 0 Å². The molecule has 5 nitrogen and oxygen atoms in total. The summed E-state index contributed by atoms with van der Waals surface area (Å²) in [5, 5.41) is 12.3. The second-order valence-electron chi connectivity index (χ2n) is 5.91. The highest BCUT2D eigenvalue weighted by Gasteiger charge is 2.14. The summed E-state index contributed by atoms with van der Waals surface area (Å²) in [6, 6.07) is 16.4. The zero-order valence-corrected chi connectivity index (χ0v) is 15.9. The van der Waals surface area contributed by atoms with Crippen LogP contribution < -0.4 is 14.8 Å². The smallest absolute Gasteiger partial charge is 0.262 e. The average Bonchev–Trinajstić information content (AvgIpc) is 2.72. The summed E-state index contributed by atoms with van der Waals surface area (Å²) in [5.41, 5.74) is 1.61. The summed E-state index contributed by atoms with van der Waals surface area (Å²) in [4.78, 5) is 12.5. The number of benzene rings is 2. The fraction of sp³-hybridized carbons (Fsp3) is 0.217. The van der Waals surface area contributed by atoms with Crippen LogP contribution in [0.1, 0.15) is 31.0 Å². The molecular formula is C23H22N2O3. The van der Waals surface area contributed by atoms with Crippen LogP contribution in [0.25, 0.3) is 6.08 Å². The zero-order chi connectivity index (χ0) is 20.4. The summed E-state index contributed by atoms with van der Waals surface area (Å²) in [6.07, 6.45) is 6.74. The molecule has 2 aromatic rings. The summed E-state index contributed by atoms with van der Waals surface area (Å²) >= 11 is 0. The molecule has 5 heteroatoms. The molecule has 1 N–H and O–H groups in total. The van der Waals surface area contributed by atoms with Gasteiger partial charge in [-0.2, -0.15) is 5.26 Å². The van der Waals surface area contributed by atoms with Crippen molar-refractivity contribution in [1.29, 1.82) is 5.26 Å². The van der Waals surface area contributed by atoms with Crippen LogP contribution in [-0.2, 0) is 4.79 Å². The summed E-state index contributed by atoms with van der Waals surface area (Å²) in [5.74, 6) is 2.98. The highest BCUT2D eigenvalue weighted by Crippen LogP contribution is 2.29. The van der Waals surface area contributed by atoms with Crippen molar-refractivity contribution < 1.29 is 14.3 Å². The molecule has 0 saturated heterocycles. The van der Waals surface area contributed by atoms with Crippen molar-refractivity contribution in [3.8, 4) is 29.9 Å². The molecule has 142 valence electrons. The fourth-order valence-corrected chi connectivity index (χ4v) is 2.54. The molecule has 0 heterocycles. The van der Waals surface area contributed by atoms with Crippen molar-refractivity contribution in [2.24, 2.45) is 0 Å². The Kier molecular flexibility index (Phi) is 7.69. The van der Waals surface area contributed by atoms with E-state index in [9.17, 15) is 10.1 Å². The van der Waals surface area contributed by atoms with Crippen LogP contribution >= 0.6 is 0 Å². The Morgan fingerprint density at radius 2 is 1.96 bits per heavy atom. The van der Waals surface area contributed by atoms with E-state index in [0.29, 0.717) is 23.7 Å². The first-order valence-electron chi connectivity index (χ1n) is 8.89. The third kappa shape index (κ3) is 5.65. The van der Waals surface area contributed by atoms with Gasteiger partial charge in [0.15, 0.2) is 11.5 Å². The molecule has 1 atom stereocenters. The number of nitrogens with one attached hydrogen (secondary N) is 1. The second-order valence-corrected chi connectivity index (χ2v) is 5.91. The Morgan fingerprint density at radius 1 is 1.21 bits per heavy atom. The monoisotopic (exact) mass is 374 g/mol. The Bertz CT molecular complexity index is 921. The first-order chi connectivity index (χ1) is 13.6. The molecule has 0 bridgehead atoms. The van der Waals surface area contributed by atoms with Crippen LogP contribution in [0.15, 0.2) is 54.1 Å². The van der Waals surface area contributed by atoms with Gasteiger partial charge in [0.2, 0.25) is 0 Å². The van der Waals surface area contributed by atoms with Crippen molar-refractivity contribution in [1.82, 2.24) is 5.32 Å². The van der Waals surface area contributed by atoms with Gasteiger partial charge < -0.3 is 14.8 Å². The Morgan fingerprint density at radius 3 is 2.61 bits per heavy atom. The average molecular weight is 374 g/mol. The van der Waals surface area contributed by atoms with E-state index in [2.05, 4.69) is 11.2 Å². The van der Waals surface area contributed by atoms with Gasteiger partial charge in [-0.3, -0.25) is 4.79 Å². The minimum Gasteiger partial charge on any atom is -0.490 e. The molecule has 0 aliphatic carbocycles. The number of carbonyl (C=O) groups is 1. The lowest BCUT2D eigenvalue weighted by Crippen LogP contribution is -2.27. The summed E-state index contributed by atoms with van der Waals surface area (Å²) in [7, 11) is 0. The molecule has 0 aliphatic heterocycles. The van der Waals surface area contributed by atoms with Gasteiger partial charge in [0, 0.05) is 0 Å². The van der Waals surface area contributed by atoms with Crippen molar-refractivity contribution in [2.75, 3.05) is 13.2 Å². The van der Waals surface area contributed by atoms with E-state index in [1.54, 1.807) is 18.2 Å². The molecule has 0 spiro atoms. The highest BCUT2D eigenvalue weighted by molar-refractivity contribution is 6.01. The van der Waals surface area contributed by atoms with Gasteiger partial charge in [0.05, 0.1) is 12.6 Å². The predicted octanol–water partition coefficient (Wildman–Crippen LogP) is 3.88. The molecule has 0 fully saturated rings. The molecule has 2 aromatic carbocycles. The third-order valence-corrected chi connectivity index (χ3v) is 3.90. The molecule has 0 saturated carbocycles. The van der Waals surface area contributed by atoms with Crippen molar-refractivity contribution >= 4 is 12.0 Å². The van der Waals surface area contributed by atoms with Gasteiger partial charge in [0.25, 0.3) is 5.91 Å². The lowest BCUT2D eigenvalue weighted by atomic mass is 10.1. The molecule has 0 aromatic heterocycles. The molecule has 2 rings (SSSR count). The minimum absolute atomic E-state index is 0.00234. The number of hydrogen-bond donors (Lipinski definition) is 1. The van der Waals surface area contributed by atoms with E-state index in [1.165, 1.54) is 6.08 Å². The first-order valence-corrected chi connectivity index (χ1v) is 8.89. The number of carbonyl (C=O) groups excluding carboxylic acids is 1. The molecule has 0 aliphatic rings. The lowest BCUT2D eigenvalue weighted by molar-refractivity contribution is -0.117. The molecule has 0 radical (unpaired) electrons.